The molecular weight excluding hydrogens is 252 g/mol. The van der Waals surface area contributed by atoms with Gasteiger partial charge in [0.15, 0.2) is 11.5 Å². The van der Waals surface area contributed by atoms with Gasteiger partial charge in [-0.15, -0.1) is 0 Å². The molecule has 0 aliphatic rings. The third kappa shape index (κ3) is 3.35. The fraction of sp³-hybridized carbons (Fsp3) is 0.250. The molecule has 1 heterocycles. The summed E-state index contributed by atoms with van der Waals surface area (Å²) >= 11 is 0. The second kappa shape index (κ2) is 6.70. The number of allylic oxidation sites excluding steroid dienone is 1. The number of hydrogen-bond donors (Lipinski definition) is 0. The molecule has 0 amide bonds. The van der Waals surface area contributed by atoms with E-state index < -0.39 is 0 Å². The van der Waals surface area contributed by atoms with Crippen LogP contribution in [0.5, 0.6) is 11.5 Å². The van der Waals surface area contributed by atoms with Crippen molar-refractivity contribution < 1.29 is 9.47 Å². The number of nitrogens with zero attached hydrogens (tertiary/aromatic N) is 2. The van der Waals surface area contributed by atoms with Crippen molar-refractivity contribution in [2.24, 2.45) is 0 Å². The quantitative estimate of drug-likeness (QED) is 0.834. The second-order valence-corrected chi connectivity index (χ2v) is 4.28. The standard InChI is InChI=1S/C16H18N2O2/c1-4-20-16-11-13(7-8-15(16)19-3)10-12(2)14-6-5-9-17-18-14/h5-11H,4H2,1-3H3. The summed E-state index contributed by atoms with van der Waals surface area (Å²) in [6, 6.07) is 9.66. The monoisotopic (exact) mass is 270 g/mol. The number of benzene rings is 1. The zero-order chi connectivity index (χ0) is 14.4. The van der Waals surface area contributed by atoms with Crippen LogP contribution in [0.1, 0.15) is 25.1 Å². The maximum absolute atomic E-state index is 5.57. The van der Waals surface area contributed by atoms with Gasteiger partial charge in [0.05, 0.1) is 19.4 Å². The smallest absolute Gasteiger partial charge is 0.161 e. The highest BCUT2D eigenvalue weighted by Crippen LogP contribution is 2.29. The van der Waals surface area contributed by atoms with E-state index in [1.165, 1.54) is 0 Å². The van der Waals surface area contributed by atoms with E-state index in [0.717, 1.165) is 28.3 Å². The topological polar surface area (TPSA) is 44.2 Å². The van der Waals surface area contributed by atoms with Gasteiger partial charge in [-0.3, -0.25) is 0 Å². The summed E-state index contributed by atoms with van der Waals surface area (Å²) in [7, 11) is 1.64. The first kappa shape index (κ1) is 14.1. The van der Waals surface area contributed by atoms with Crippen LogP contribution in [-0.4, -0.2) is 23.9 Å². The van der Waals surface area contributed by atoms with Crippen molar-refractivity contribution in [3.63, 3.8) is 0 Å². The molecule has 0 aliphatic heterocycles. The van der Waals surface area contributed by atoms with Gasteiger partial charge in [0.2, 0.25) is 0 Å². The second-order valence-electron chi connectivity index (χ2n) is 4.28. The van der Waals surface area contributed by atoms with Gasteiger partial charge < -0.3 is 9.47 Å². The predicted octanol–water partition coefficient (Wildman–Crippen LogP) is 3.44. The summed E-state index contributed by atoms with van der Waals surface area (Å²) < 4.78 is 10.8. The molecule has 1 aromatic carbocycles. The van der Waals surface area contributed by atoms with Gasteiger partial charge in [-0.25, -0.2) is 0 Å². The molecule has 0 spiro atoms. The van der Waals surface area contributed by atoms with Crippen molar-refractivity contribution in [1.29, 1.82) is 0 Å². The Morgan fingerprint density at radius 3 is 2.75 bits per heavy atom. The van der Waals surface area contributed by atoms with Crippen LogP contribution in [0.25, 0.3) is 11.6 Å². The Morgan fingerprint density at radius 2 is 2.10 bits per heavy atom. The summed E-state index contributed by atoms with van der Waals surface area (Å²) in [5, 5.41) is 7.98. The van der Waals surface area contributed by atoms with E-state index in [1.54, 1.807) is 13.3 Å². The SMILES string of the molecule is CCOc1cc(C=C(C)c2cccnn2)ccc1OC. The highest BCUT2D eigenvalue weighted by atomic mass is 16.5. The molecule has 0 saturated heterocycles. The van der Waals surface area contributed by atoms with E-state index >= 15 is 0 Å². The molecule has 1 aromatic heterocycles. The van der Waals surface area contributed by atoms with Crippen molar-refractivity contribution in [3.05, 3.63) is 47.8 Å². The Labute approximate surface area is 119 Å². The van der Waals surface area contributed by atoms with E-state index in [4.69, 9.17) is 9.47 Å². The Hall–Kier alpha value is -2.36. The number of rotatable bonds is 5. The molecule has 2 rings (SSSR count). The molecule has 4 heteroatoms. The minimum atomic E-state index is 0.604. The van der Waals surface area contributed by atoms with Gasteiger partial charge in [0, 0.05) is 6.20 Å². The molecule has 0 unspecified atom stereocenters. The summed E-state index contributed by atoms with van der Waals surface area (Å²) in [6.07, 6.45) is 3.71. The molecule has 0 saturated carbocycles. The molecule has 20 heavy (non-hydrogen) atoms. The summed E-state index contributed by atoms with van der Waals surface area (Å²) in [6.45, 7) is 4.56. The van der Waals surface area contributed by atoms with Crippen molar-refractivity contribution in [3.8, 4) is 11.5 Å². The van der Waals surface area contributed by atoms with Gasteiger partial charge in [-0.1, -0.05) is 6.07 Å². The largest absolute Gasteiger partial charge is 0.493 e. The predicted molar refractivity (Wildman–Crippen MR) is 79.7 cm³/mol. The lowest BCUT2D eigenvalue weighted by Crippen LogP contribution is -1.95. The van der Waals surface area contributed by atoms with Crippen LogP contribution in [0, 0.1) is 0 Å². The molecule has 2 aromatic rings. The maximum atomic E-state index is 5.57. The average Bonchev–Trinajstić information content (AvgIpc) is 2.49. The molecule has 104 valence electrons. The Kier molecular flexibility index (Phi) is 4.71. The highest BCUT2D eigenvalue weighted by Gasteiger charge is 2.05. The van der Waals surface area contributed by atoms with E-state index in [9.17, 15) is 0 Å². The van der Waals surface area contributed by atoms with Gasteiger partial charge in [0.1, 0.15) is 0 Å². The van der Waals surface area contributed by atoms with Gasteiger partial charge in [-0.2, -0.15) is 10.2 Å². The lowest BCUT2D eigenvalue weighted by atomic mass is 10.1. The van der Waals surface area contributed by atoms with E-state index in [0.29, 0.717) is 6.61 Å². The van der Waals surface area contributed by atoms with Crippen molar-refractivity contribution >= 4 is 11.6 Å². The van der Waals surface area contributed by atoms with Crippen LogP contribution in [-0.2, 0) is 0 Å². The first-order valence-corrected chi connectivity index (χ1v) is 6.51. The van der Waals surface area contributed by atoms with Crippen LogP contribution >= 0.6 is 0 Å². The summed E-state index contributed by atoms with van der Waals surface area (Å²) in [5.74, 6) is 1.48. The lowest BCUT2D eigenvalue weighted by Gasteiger charge is -2.10. The fourth-order valence-electron chi connectivity index (χ4n) is 1.89. The molecule has 0 radical (unpaired) electrons. The maximum Gasteiger partial charge on any atom is 0.161 e. The van der Waals surface area contributed by atoms with E-state index in [-0.39, 0.29) is 0 Å². The first-order chi connectivity index (χ1) is 9.74. The molecule has 0 atom stereocenters. The Bertz CT molecular complexity index is 595. The fourth-order valence-corrected chi connectivity index (χ4v) is 1.89. The van der Waals surface area contributed by atoms with Gasteiger partial charge in [0.25, 0.3) is 0 Å². The molecule has 0 aliphatic carbocycles. The first-order valence-electron chi connectivity index (χ1n) is 6.51. The van der Waals surface area contributed by atoms with Gasteiger partial charge >= 0.3 is 0 Å². The Morgan fingerprint density at radius 1 is 1.25 bits per heavy atom. The van der Waals surface area contributed by atoms with Crippen molar-refractivity contribution in [2.45, 2.75) is 13.8 Å². The van der Waals surface area contributed by atoms with Crippen LogP contribution in [0.4, 0.5) is 0 Å². The minimum absolute atomic E-state index is 0.604. The van der Waals surface area contributed by atoms with Crippen LogP contribution in [0.2, 0.25) is 0 Å². The number of methoxy groups -OCH3 is 1. The summed E-state index contributed by atoms with van der Waals surface area (Å²) in [5.41, 5.74) is 2.95. The van der Waals surface area contributed by atoms with E-state index in [2.05, 4.69) is 10.2 Å². The normalized spacial score (nSPS) is 11.2. The van der Waals surface area contributed by atoms with Crippen molar-refractivity contribution in [2.75, 3.05) is 13.7 Å². The molecule has 0 fully saturated rings. The van der Waals surface area contributed by atoms with Crippen LogP contribution in [0.3, 0.4) is 0 Å². The van der Waals surface area contributed by atoms with Crippen LogP contribution in [0.15, 0.2) is 36.5 Å². The van der Waals surface area contributed by atoms with Crippen LogP contribution < -0.4 is 9.47 Å². The zero-order valence-electron chi connectivity index (χ0n) is 12.0. The third-order valence-corrected chi connectivity index (χ3v) is 2.85. The number of ether oxygens (including phenoxy) is 2. The number of hydrogen-bond acceptors (Lipinski definition) is 4. The lowest BCUT2D eigenvalue weighted by molar-refractivity contribution is 0.311. The summed E-state index contributed by atoms with van der Waals surface area (Å²) in [4.78, 5) is 0. The average molecular weight is 270 g/mol. The molecule has 4 nitrogen and oxygen atoms in total. The van der Waals surface area contributed by atoms with Crippen molar-refractivity contribution in [1.82, 2.24) is 10.2 Å². The zero-order valence-corrected chi connectivity index (χ0v) is 12.0. The van der Waals surface area contributed by atoms with E-state index in [1.807, 2.05) is 50.3 Å². The third-order valence-electron chi connectivity index (χ3n) is 2.85. The molecule has 0 bridgehead atoms. The number of aromatic nitrogens is 2. The highest BCUT2D eigenvalue weighted by molar-refractivity contribution is 5.79. The van der Waals surface area contributed by atoms with Gasteiger partial charge in [-0.05, 0) is 55.3 Å². The Balaban J connectivity index is 2.31. The molecule has 0 N–H and O–H groups in total. The minimum Gasteiger partial charge on any atom is -0.493 e. The molecular formula is C16H18N2O2.